The maximum atomic E-state index is 12.1. The molecule has 0 radical (unpaired) electrons. The molecule has 1 aliphatic heterocycles. The number of carbonyl (C=O) groups is 1. The summed E-state index contributed by atoms with van der Waals surface area (Å²) in [5.74, 6) is -0.0404. The van der Waals surface area contributed by atoms with Crippen molar-refractivity contribution in [1.82, 2.24) is 9.62 Å². The largest absolute Gasteiger partial charge is 0.573 e. The van der Waals surface area contributed by atoms with Gasteiger partial charge in [-0.2, -0.15) is 0 Å². The smallest absolute Gasteiger partial charge is 0.406 e. The van der Waals surface area contributed by atoms with Crippen LogP contribution in [-0.2, 0) is 14.8 Å². The van der Waals surface area contributed by atoms with Crippen molar-refractivity contribution in [2.45, 2.75) is 37.4 Å². The number of carbonyl (C=O) groups excluding carboxylic acids is 1. The first-order chi connectivity index (χ1) is 12.1. The van der Waals surface area contributed by atoms with Gasteiger partial charge in [-0.05, 0) is 43.0 Å². The van der Waals surface area contributed by atoms with E-state index in [-0.39, 0.29) is 23.8 Å². The van der Waals surface area contributed by atoms with Crippen molar-refractivity contribution >= 4 is 15.9 Å². The van der Waals surface area contributed by atoms with E-state index in [9.17, 15) is 26.4 Å². The van der Waals surface area contributed by atoms with Gasteiger partial charge < -0.3 is 9.64 Å². The zero-order valence-corrected chi connectivity index (χ0v) is 15.1. The fourth-order valence-electron chi connectivity index (χ4n) is 2.61. The molecule has 26 heavy (non-hydrogen) atoms. The number of hydrogen-bond acceptors (Lipinski definition) is 4. The van der Waals surface area contributed by atoms with Crippen molar-refractivity contribution in [2.75, 3.05) is 19.6 Å². The summed E-state index contributed by atoms with van der Waals surface area (Å²) in [5.41, 5.74) is 0. The fraction of sp³-hybridized carbons (Fsp3) is 0.562. The van der Waals surface area contributed by atoms with E-state index in [0.29, 0.717) is 19.0 Å². The molecule has 1 amide bonds. The summed E-state index contributed by atoms with van der Waals surface area (Å²) in [7, 11) is -3.91. The second-order valence-corrected chi connectivity index (χ2v) is 8.00. The van der Waals surface area contributed by atoms with Crippen LogP contribution >= 0.6 is 0 Å². The molecule has 0 unspecified atom stereocenters. The Labute approximate surface area is 150 Å². The van der Waals surface area contributed by atoms with Crippen LogP contribution in [0.15, 0.2) is 29.2 Å². The second-order valence-electron chi connectivity index (χ2n) is 6.23. The molecule has 0 aliphatic carbocycles. The minimum Gasteiger partial charge on any atom is -0.406 e. The first-order valence-corrected chi connectivity index (χ1v) is 9.68. The van der Waals surface area contributed by atoms with E-state index in [0.717, 1.165) is 37.1 Å². The predicted molar refractivity (Wildman–Crippen MR) is 87.9 cm³/mol. The number of alkyl halides is 3. The van der Waals surface area contributed by atoms with Gasteiger partial charge in [0.1, 0.15) is 5.75 Å². The van der Waals surface area contributed by atoms with Gasteiger partial charge in [0.2, 0.25) is 15.9 Å². The maximum Gasteiger partial charge on any atom is 0.573 e. The number of sulfonamides is 1. The van der Waals surface area contributed by atoms with Crippen LogP contribution in [0.5, 0.6) is 5.75 Å². The summed E-state index contributed by atoms with van der Waals surface area (Å²) >= 11 is 0. The molecule has 0 bridgehead atoms. The van der Waals surface area contributed by atoms with Gasteiger partial charge in [-0.3, -0.25) is 4.79 Å². The molecule has 10 heteroatoms. The van der Waals surface area contributed by atoms with Crippen molar-refractivity contribution in [2.24, 2.45) is 5.92 Å². The van der Waals surface area contributed by atoms with E-state index in [4.69, 9.17) is 0 Å². The van der Waals surface area contributed by atoms with E-state index in [1.807, 2.05) is 0 Å². The Morgan fingerprint density at radius 2 is 1.81 bits per heavy atom. The molecule has 1 heterocycles. The molecule has 0 saturated carbocycles. The zero-order chi connectivity index (χ0) is 19.4. The maximum absolute atomic E-state index is 12.1. The summed E-state index contributed by atoms with van der Waals surface area (Å²) in [4.78, 5) is 13.6. The number of nitrogens with zero attached hydrogens (tertiary/aromatic N) is 1. The van der Waals surface area contributed by atoms with Crippen molar-refractivity contribution in [3.05, 3.63) is 24.3 Å². The molecule has 1 fully saturated rings. The van der Waals surface area contributed by atoms with E-state index in [1.165, 1.54) is 0 Å². The average molecular weight is 394 g/mol. The lowest BCUT2D eigenvalue weighted by Gasteiger charge is -2.30. The Balaban J connectivity index is 1.85. The van der Waals surface area contributed by atoms with E-state index in [1.54, 1.807) is 4.90 Å². The number of benzene rings is 1. The van der Waals surface area contributed by atoms with Crippen LogP contribution in [0.25, 0.3) is 0 Å². The number of hydrogen-bond donors (Lipinski definition) is 1. The van der Waals surface area contributed by atoms with E-state index < -0.39 is 22.1 Å². The van der Waals surface area contributed by atoms with Gasteiger partial charge in [0, 0.05) is 26.1 Å². The van der Waals surface area contributed by atoms with Gasteiger partial charge in [-0.15, -0.1) is 13.2 Å². The van der Waals surface area contributed by atoms with Crippen molar-refractivity contribution in [1.29, 1.82) is 0 Å². The normalized spacial score (nSPS) is 16.5. The summed E-state index contributed by atoms with van der Waals surface area (Å²) in [6, 6.07) is 3.86. The van der Waals surface area contributed by atoms with Crippen LogP contribution in [0.1, 0.15) is 26.2 Å². The molecular weight excluding hydrogens is 373 g/mol. The number of halogens is 3. The number of rotatable bonds is 6. The van der Waals surface area contributed by atoms with Gasteiger partial charge in [0.05, 0.1) is 4.90 Å². The third-order valence-corrected chi connectivity index (χ3v) is 5.61. The first kappa shape index (κ1) is 20.5. The predicted octanol–water partition coefficient (Wildman–Crippen LogP) is 2.51. The number of ether oxygens (including phenoxy) is 1. The molecule has 2 rings (SSSR count). The van der Waals surface area contributed by atoms with Gasteiger partial charge in [-0.1, -0.05) is 6.92 Å². The molecular formula is C16H21F3N2O4S. The van der Waals surface area contributed by atoms with Crippen LogP contribution in [-0.4, -0.2) is 45.2 Å². The van der Waals surface area contributed by atoms with Crippen LogP contribution in [0.3, 0.4) is 0 Å². The molecule has 146 valence electrons. The Morgan fingerprint density at radius 3 is 2.35 bits per heavy atom. The average Bonchev–Trinajstić information content (AvgIpc) is 2.54. The zero-order valence-electron chi connectivity index (χ0n) is 14.3. The van der Waals surface area contributed by atoms with Crippen molar-refractivity contribution in [3.63, 3.8) is 0 Å². The third-order valence-electron chi connectivity index (χ3n) is 4.13. The monoisotopic (exact) mass is 394 g/mol. The van der Waals surface area contributed by atoms with Gasteiger partial charge in [0.15, 0.2) is 0 Å². The van der Waals surface area contributed by atoms with Crippen LogP contribution in [0.4, 0.5) is 13.2 Å². The summed E-state index contributed by atoms with van der Waals surface area (Å²) in [6.07, 6.45) is -2.94. The third kappa shape index (κ3) is 6.17. The highest BCUT2D eigenvalue weighted by atomic mass is 32.2. The van der Waals surface area contributed by atoms with Gasteiger partial charge >= 0.3 is 6.36 Å². The van der Waals surface area contributed by atoms with Crippen molar-refractivity contribution in [3.8, 4) is 5.75 Å². The molecule has 1 aliphatic rings. The lowest BCUT2D eigenvalue weighted by Crippen LogP contribution is -2.39. The van der Waals surface area contributed by atoms with Crippen LogP contribution in [0.2, 0.25) is 0 Å². The number of piperidine rings is 1. The molecule has 0 aromatic heterocycles. The highest BCUT2D eigenvalue weighted by Gasteiger charge is 2.31. The fourth-order valence-corrected chi connectivity index (χ4v) is 3.64. The summed E-state index contributed by atoms with van der Waals surface area (Å²) < 4.78 is 66.5. The van der Waals surface area contributed by atoms with E-state index >= 15 is 0 Å². The summed E-state index contributed by atoms with van der Waals surface area (Å²) in [6.45, 7) is 3.40. The second kappa shape index (κ2) is 8.26. The Morgan fingerprint density at radius 1 is 1.23 bits per heavy atom. The van der Waals surface area contributed by atoms with Crippen LogP contribution < -0.4 is 9.46 Å². The lowest BCUT2D eigenvalue weighted by atomic mass is 9.99. The molecule has 0 spiro atoms. The number of amides is 1. The molecule has 1 saturated heterocycles. The number of nitrogens with one attached hydrogen (secondary N) is 1. The Bertz CT molecular complexity index is 712. The lowest BCUT2D eigenvalue weighted by molar-refractivity contribution is -0.274. The summed E-state index contributed by atoms with van der Waals surface area (Å²) in [5, 5.41) is 0. The van der Waals surface area contributed by atoms with Crippen molar-refractivity contribution < 1.29 is 31.1 Å². The van der Waals surface area contributed by atoms with Gasteiger partial charge in [0.25, 0.3) is 0 Å². The SMILES string of the molecule is CC1CCN(C(=O)CCNS(=O)(=O)c2ccc(OC(F)(F)F)cc2)CC1. The highest BCUT2D eigenvalue weighted by molar-refractivity contribution is 7.89. The minimum absolute atomic E-state index is 0.0306. The Hall–Kier alpha value is -1.81. The molecule has 1 aromatic carbocycles. The van der Waals surface area contributed by atoms with E-state index in [2.05, 4.69) is 16.4 Å². The number of likely N-dealkylation sites (tertiary alicyclic amines) is 1. The van der Waals surface area contributed by atoms with Gasteiger partial charge in [-0.25, -0.2) is 13.1 Å². The molecule has 1 N–H and O–H groups in total. The molecule has 6 nitrogen and oxygen atoms in total. The topological polar surface area (TPSA) is 75.7 Å². The standard InChI is InChI=1S/C16H21F3N2O4S/c1-12-7-10-21(11-8-12)15(22)6-9-20-26(23,24)14-4-2-13(3-5-14)25-16(17,18)19/h2-5,12,20H,6-11H2,1H3. The first-order valence-electron chi connectivity index (χ1n) is 8.20. The molecule has 1 aromatic rings. The Kier molecular flexibility index (Phi) is 6.51. The molecule has 0 atom stereocenters. The highest BCUT2D eigenvalue weighted by Crippen LogP contribution is 2.23. The van der Waals surface area contributed by atoms with Crippen LogP contribution in [0, 0.1) is 5.92 Å². The minimum atomic E-state index is -4.84. The quantitative estimate of drug-likeness (QED) is 0.805.